The number of benzene rings is 10. The van der Waals surface area contributed by atoms with Gasteiger partial charge in [-0.3, -0.25) is 0 Å². The molecule has 10 aromatic carbocycles. The molecule has 0 atom stereocenters. The maximum Gasteiger partial charge on any atom is 0.0468 e. The van der Waals surface area contributed by atoms with Gasteiger partial charge >= 0.3 is 0 Å². The fraction of sp³-hybridized carbons (Fsp3) is 0. The van der Waals surface area contributed by atoms with Crippen molar-refractivity contribution in [2.24, 2.45) is 0 Å². The van der Waals surface area contributed by atoms with Crippen LogP contribution in [0.4, 0.5) is 34.1 Å². The third-order valence-corrected chi connectivity index (χ3v) is 13.1. The molecule has 0 spiro atoms. The minimum Gasteiger partial charge on any atom is -0.310 e. The lowest BCUT2D eigenvalue weighted by atomic mass is 10.0. The molecule has 11 aromatic rings. The van der Waals surface area contributed by atoms with Gasteiger partial charge in [0.05, 0.1) is 0 Å². The predicted octanol–water partition coefficient (Wildman–Crippen LogP) is 17.7. The largest absolute Gasteiger partial charge is 0.310 e. The van der Waals surface area contributed by atoms with Gasteiger partial charge in [-0.2, -0.15) is 0 Å². The molecule has 0 aliphatic heterocycles. The van der Waals surface area contributed by atoms with Crippen molar-refractivity contribution in [1.29, 1.82) is 0 Å². The molecule has 0 radical (unpaired) electrons. The first-order valence-corrected chi connectivity index (χ1v) is 22.2. The second-order valence-electron chi connectivity index (χ2n) is 15.8. The second kappa shape index (κ2) is 16.8. The van der Waals surface area contributed by atoms with Crippen LogP contribution in [0.5, 0.6) is 0 Å². The molecule has 0 aliphatic rings. The van der Waals surface area contributed by atoms with E-state index in [4.69, 9.17) is 0 Å². The van der Waals surface area contributed by atoms with Gasteiger partial charge in [-0.25, -0.2) is 0 Å². The van der Waals surface area contributed by atoms with E-state index in [1.807, 2.05) is 11.3 Å². The van der Waals surface area contributed by atoms with E-state index in [2.05, 4.69) is 265 Å². The number of nitrogens with zero attached hydrogens (tertiary/aromatic N) is 2. The highest BCUT2D eigenvalue weighted by molar-refractivity contribution is 7.18. The van der Waals surface area contributed by atoms with Gasteiger partial charge < -0.3 is 9.80 Å². The molecule has 11 rings (SSSR count). The molecule has 2 nitrogen and oxygen atoms in total. The maximum atomic E-state index is 2.35. The van der Waals surface area contributed by atoms with Crippen molar-refractivity contribution in [2.45, 2.75) is 0 Å². The summed E-state index contributed by atoms with van der Waals surface area (Å²) in [5.74, 6) is 0. The third kappa shape index (κ3) is 7.79. The quantitative estimate of drug-likeness (QED) is 0.136. The normalized spacial score (nSPS) is 11.2. The molecule has 0 N–H and O–H groups in total. The molecule has 0 amide bonds. The lowest BCUT2D eigenvalue weighted by Crippen LogP contribution is -2.09. The molecule has 0 saturated heterocycles. The van der Waals surface area contributed by atoms with E-state index < -0.39 is 0 Å². The molecule has 63 heavy (non-hydrogen) atoms. The Morgan fingerprint density at radius 1 is 0.206 bits per heavy atom. The summed E-state index contributed by atoms with van der Waals surface area (Å²) in [5.41, 5.74) is 13.9. The number of anilines is 6. The van der Waals surface area contributed by atoms with Gasteiger partial charge in [0.25, 0.3) is 0 Å². The molecular weight excluding hydrogens is 781 g/mol. The Labute approximate surface area is 372 Å². The first-order chi connectivity index (χ1) is 31.2. The second-order valence-corrected chi connectivity index (χ2v) is 16.9. The van der Waals surface area contributed by atoms with Crippen LogP contribution in [0.25, 0.3) is 64.7 Å². The Morgan fingerprint density at radius 3 is 0.857 bits per heavy atom. The first-order valence-electron chi connectivity index (χ1n) is 21.4. The summed E-state index contributed by atoms with van der Waals surface area (Å²) in [6.07, 6.45) is 0. The summed E-state index contributed by atoms with van der Waals surface area (Å²) in [6, 6.07) is 92.0. The Kier molecular flexibility index (Phi) is 10.1. The van der Waals surface area contributed by atoms with Crippen LogP contribution >= 0.6 is 11.3 Å². The van der Waals surface area contributed by atoms with Crippen LogP contribution in [0.3, 0.4) is 0 Å². The van der Waals surface area contributed by atoms with Gasteiger partial charge in [0, 0.05) is 43.9 Å². The van der Waals surface area contributed by atoms with Crippen LogP contribution in [0.1, 0.15) is 0 Å². The van der Waals surface area contributed by atoms with Crippen molar-refractivity contribution in [3.05, 3.63) is 255 Å². The number of rotatable bonds is 10. The molecule has 1 aromatic heterocycles. The number of fused-ring (bicyclic) bond motifs is 2. The highest BCUT2D eigenvalue weighted by Crippen LogP contribution is 2.42. The third-order valence-electron chi connectivity index (χ3n) is 11.9. The lowest BCUT2D eigenvalue weighted by Gasteiger charge is -2.26. The van der Waals surface area contributed by atoms with Crippen molar-refractivity contribution in [3.8, 4) is 43.1 Å². The zero-order valence-corrected chi connectivity index (χ0v) is 35.4. The SMILES string of the molecule is c1ccc(-c2ccc(N(c3ccc(-c4ccc(-c5ccc(N(c6ccc(-c7ccccc7)cc6)c6ccc7ccccc7c6)cc5)s4)cc3)c3ccc4ccccc4c3)cc2)cc1. The van der Waals surface area contributed by atoms with Gasteiger partial charge in [-0.05, 0) is 140 Å². The summed E-state index contributed by atoms with van der Waals surface area (Å²) in [4.78, 5) is 7.18. The highest BCUT2D eigenvalue weighted by Gasteiger charge is 2.17. The van der Waals surface area contributed by atoms with Crippen LogP contribution in [-0.4, -0.2) is 0 Å². The molecule has 0 unspecified atom stereocenters. The standard InChI is InChI=1S/C60H42N2S/c1-3-11-43(12-4-1)47-19-29-53(30-20-47)61(57-37-23-45-15-7-9-17-51(45)41-57)55-33-25-49(26-34-55)59-39-40-60(63-59)50-27-35-56(36-28-50)62(58-38-24-46-16-8-10-18-52(46)42-58)54-31-21-48(22-32-54)44-13-5-2-6-14-44/h1-42H. The van der Waals surface area contributed by atoms with Crippen molar-refractivity contribution in [2.75, 3.05) is 9.80 Å². The van der Waals surface area contributed by atoms with E-state index in [1.54, 1.807) is 0 Å². The van der Waals surface area contributed by atoms with Gasteiger partial charge in [0.15, 0.2) is 0 Å². The van der Waals surface area contributed by atoms with Crippen LogP contribution < -0.4 is 9.80 Å². The summed E-state index contributed by atoms with van der Waals surface area (Å²) in [6.45, 7) is 0. The van der Waals surface area contributed by atoms with E-state index in [-0.39, 0.29) is 0 Å². The smallest absolute Gasteiger partial charge is 0.0468 e. The molecule has 0 saturated carbocycles. The summed E-state index contributed by atoms with van der Waals surface area (Å²) < 4.78 is 0. The Morgan fingerprint density at radius 2 is 0.492 bits per heavy atom. The Hall–Kier alpha value is -7.98. The number of thiophene rings is 1. The van der Waals surface area contributed by atoms with Crippen molar-refractivity contribution in [3.63, 3.8) is 0 Å². The highest BCUT2D eigenvalue weighted by atomic mass is 32.1. The molecule has 298 valence electrons. The van der Waals surface area contributed by atoms with Gasteiger partial charge in [0.1, 0.15) is 0 Å². The fourth-order valence-electron chi connectivity index (χ4n) is 8.59. The van der Waals surface area contributed by atoms with Crippen LogP contribution in [0.2, 0.25) is 0 Å². The molecule has 1 heterocycles. The number of hydrogen-bond donors (Lipinski definition) is 0. The lowest BCUT2D eigenvalue weighted by molar-refractivity contribution is 1.29. The molecule has 0 fully saturated rings. The average Bonchev–Trinajstić information content (AvgIpc) is 3.86. The van der Waals surface area contributed by atoms with Gasteiger partial charge in [0.2, 0.25) is 0 Å². The molecule has 3 heteroatoms. The van der Waals surface area contributed by atoms with Crippen molar-refractivity contribution in [1.82, 2.24) is 0 Å². The predicted molar refractivity (Wildman–Crippen MR) is 270 cm³/mol. The molecule has 0 bridgehead atoms. The summed E-state index contributed by atoms with van der Waals surface area (Å²) in [5, 5.41) is 4.90. The Bertz CT molecular complexity index is 3080. The average molecular weight is 823 g/mol. The van der Waals surface area contributed by atoms with Crippen LogP contribution in [0, 0.1) is 0 Å². The zero-order chi connectivity index (χ0) is 42.0. The topological polar surface area (TPSA) is 6.48 Å². The van der Waals surface area contributed by atoms with Gasteiger partial charge in [-0.15, -0.1) is 11.3 Å². The maximum absolute atomic E-state index is 2.35. The van der Waals surface area contributed by atoms with E-state index in [0.29, 0.717) is 0 Å². The summed E-state index contributed by atoms with van der Waals surface area (Å²) in [7, 11) is 0. The summed E-state index contributed by atoms with van der Waals surface area (Å²) >= 11 is 1.83. The van der Waals surface area contributed by atoms with E-state index in [1.165, 1.54) is 64.7 Å². The van der Waals surface area contributed by atoms with Crippen LogP contribution in [0.15, 0.2) is 255 Å². The van der Waals surface area contributed by atoms with Crippen molar-refractivity contribution >= 4 is 67.0 Å². The molecular formula is C60H42N2S. The van der Waals surface area contributed by atoms with Crippen molar-refractivity contribution < 1.29 is 0 Å². The molecule has 0 aliphatic carbocycles. The fourth-order valence-corrected chi connectivity index (χ4v) is 9.61. The zero-order valence-electron chi connectivity index (χ0n) is 34.6. The van der Waals surface area contributed by atoms with Crippen LogP contribution in [-0.2, 0) is 0 Å². The first kappa shape index (κ1) is 38.0. The van der Waals surface area contributed by atoms with E-state index in [9.17, 15) is 0 Å². The minimum absolute atomic E-state index is 1.11. The minimum atomic E-state index is 1.11. The van der Waals surface area contributed by atoms with E-state index in [0.717, 1.165) is 34.1 Å². The number of hydrogen-bond acceptors (Lipinski definition) is 3. The monoisotopic (exact) mass is 822 g/mol. The van der Waals surface area contributed by atoms with Gasteiger partial charge in [-0.1, -0.05) is 170 Å². The van der Waals surface area contributed by atoms with E-state index >= 15 is 0 Å². The Balaban J connectivity index is 0.884.